The van der Waals surface area contributed by atoms with Gasteiger partial charge in [0.25, 0.3) is 0 Å². The summed E-state index contributed by atoms with van der Waals surface area (Å²) in [6.45, 7) is 4.01. The van der Waals surface area contributed by atoms with Gasteiger partial charge in [0.05, 0.1) is 14.2 Å². The lowest BCUT2D eigenvalue weighted by molar-refractivity contribution is -0.168. The number of methoxy groups -OCH3 is 2. The highest BCUT2D eigenvalue weighted by molar-refractivity contribution is 6.01. The van der Waals surface area contributed by atoms with Crippen molar-refractivity contribution < 1.29 is 23.9 Å². The monoisotopic (exact) mass is 293 g/mol. The molecule has 0 aromatic carbocycles. The Balaban J connectivity index is 2.28. The largest absolute Gasteiger partial charge is 0.468 e. The van der Waals surface area contributed by atoms with Crippen LogP contribution in [0.2, 0.25) is 0 Å². The Morgan fingerprint density at radius 3 is 2.33 bits per heavy atom. The molecule has 0 N–H and O–H groups in total. The first-order valence-corrected chi connectivity index (χ1v) is 7.16. The fourth-order valence-corrected chi connectivity index (χ4v) is 3.73. The Bertz CT molecular complexity index is 451. The zero-order chi connectivity index (χ0) is 15.6. The van der Waals surface area contributed by atoms with Crippen molar-refractivity contribution in [2.24, 2.45) is 17.3 Å². The molecule has 2 saturated carbocycles. The van der Waals surface area contributed by atoms with Gasteiger partial charge in [-0.05, 0) is 31.6 Å². The van der Waals surface area contributed by atoms with Crippen molar-refractivity contribution in [3.63, 3.8) is 0 Å². The van der Waals surface area contributed by atoms with Crippen molar-refractivity contribution in [3.05, 3.63) is 18.1 Å². The van der Waals surface area contributed by atoms with Crippen LogP contribution < -0.4 is 0 Å². The molecule has 1 radical (unpaired) electrons. The number of aldehydes is 1. The average molecular weight is 293 g/mol. The molecule has 2 rings (SSSR count). The van der Waals surface area contributed by atoms with Crippen molar-refractivity contribution in [1.29, 1.82) is 0 Å². The maximum atomic E-state index is 12.1. The molecule has 2 aliphatic rings. The molecule has 2 atom stereocenters. The minimum atomic E-state index is -1.33. The van der Waals surface area contributed by atoms with Crippen LogP contribution >= 0.6 is 0 Å². The Morgan fingerprint density at radius 2 is 1.81 bits per heavy atom. The molecule has 0 spiro atoms. The molecule has 0 amide bonds. The lowest BCUT2D eigenvalue weighted by atomic mass is 9.79. The van der Waals surface area contributed by atoms with Gasteiger partial charge < -0.3 is 14.3 Å². The lowest BCUT2D eigenvalue weighted by Crippen LogP contribution is -2.39. The second-order valence-corrected chi connectivity index (χ2v) is 5.88. The summed E-state index contributed by atoms with van der Waals surface area (Å²) in [6.07, 6.45) is 4.18. The lowest BCUT2D eigenvalue weighted by Gasteiger charge is -2.25. The molecule has 0 aromatic rings. The molecule has 2 fully saturated rings. The van der Waals surface area contributed by atoms with Gasteiger partial charge in [0.2, 0.25) is 0 Å². The molecule has 21 heavy (non-hydrogen) atoms. The summed E-state index contributed by atoms with van der Waals surface area (Å²) in [4.78, 5) is 35.5. The topological polar surface area (TPSA) is 69.7 Å². The van der Waals surface area contributed by atoms with Crippen LogP contribution in [0.3, 0.4) is 0 Å². The van der Waals surface area contributed by atoms with Crippen LogP contribution in [0.4, 0.5) is 0 Å². The zero-order valence-electron chi connectivity index (χ0n) is 12.5. The van der Waals surface area contributed by atoms with E-state index in [2.05, 4.69) is 6.58 Å². The van der Waals surface area contributed by atoms with E-state index >= 15 is 0 Å². The van der Waals surface area contributed by atoms with Crippen molar-refractivity contribution >= 4 is 18.2 Å². The van der Waals surface area contributed by atoms with E-state index in [0.29, 0.717) is 0 Å². The number of ether oxygens (including phenoxy) is 2. The summed E-state index contributed by atoms with van der Waals surface area (Å²) in [5, 5.41) is 0. The minimum Gasteiger partial charge on any atom is -0.468 e. The number of carbonyl (C=O) groups is 3. The highest BCUT2D eigenvalue weighted by Gasteiger charge is 2.57. The smallest absolute Gasteiger partial charge is 0.323 e. The van der Waals surface area contributed by atoms with Gasteiger partial charge in [-0.1, -0.05) is 18.6 Å². The summed E-state index contributed by atoms with van der Waals surface area (Å²) < 4.78 is 9.62. The van der Waals surface area contributed by atoms with E-state index in [0.717, 1.165) is 37.0 Å². The molecular weight excluding hydrogens is 272 g/mol. The Labute approximate surface area is 124 Å². The maximum Gasteiger partial charge on any atom is 0.323 e. The maximum absolute atomic E-state index is 12.1. The minimum absolute atomic E-state index is 0.0390. The van der Waals surface area contributed by atoms with Crippen molar-refractivity contribution in [2.45, 2.75) is 32.1 Å². The SMILES string of the molecule is C=C1CC(C(=O)OC)(C(=O)OC)C[C]1C1CCCC1C=O. The highest BCUT2D eigenvalue weighted by atomic mass is 16.5. The van der Waals surface area contributed by atoms with Gasteiger partial charge in [0, 0.05) is 11.8 Å². The molecule has 5 heteroatoms. The molecule has 0 aliphatic heterocycles. The molecule has 0 bridgehead atoms. The number of allylic oxidation sites excluding steroid dienone is 1. The van der Waals surface area contributed by atoms with Gasteiger partial charge in [-0.3, -0.25) is 9.59 Å². The molecule has 2 unspecified atom stereocenters. The molecule has 0 heterocycles. The zero-order valence-corrected chi connectivity index (χ0v) is 12.5. The van der Waals surface area contributed by atoms with E-state index in [9.17, 15) is 14.4 Å². The van der Waals surface area contributed by atoms with Gasteiger partial charge in [0.1, 0.15) is 6.29 Å². The Morgan fingerprint density at radius 1 is 1.19 bits per heavy atom. The second-order valence-electron chi connectivity index (χ2n) is 5.88. The van der Waals surface area contributed by atoms with Crippen LogP contribution in [0, 0.1) is 23.2 Å². The Kier molecular flexibility index (Phi) is 4.49. The first-order valence-electron chi connectivity index (χ1n) is 7.16. The van der Waals surface area contributed by atoms with Crippen LogP contribution in [-0.2, 0) is 23.9 Å². The second kappa shape index (κ2) is 6.00. The number of hydrogen-bond donors (Lipinski definition) is 0. The fourth-order valence-electron chi connectivity index (χ4n) is 3.73. The molecule has 0 saturated heterocycles. The van der Waals surface area contributed by atoms with Crippen molar-refractivity contribution in [3.8, 4) is 0 Å². The summed E-state index contributed by atoms with van der Waals surface area (Å²) >= 11 is 0. The van der Waals surface area contributed by atoms with Crippen LogP contribution in [0.1, 0.15) is 32.1 Å². The molecule has 0 aromatic heterocycles. The van der Waals surface area contributed by atoms with E-state index in [1.54, 1.807) is 0 Å². The first kappa shape index (κ1) is 15.7. The quantitative estimate of drug-likeness (QED) is 0.449. The van der Waals surface area contributed by atoms with Gasteiger partial charge in [0.15, 0.2) is 5.41 Å². The number of rotatable bonds is 4. The van der Waals surface area contributed by atoms with Crippen LogP contribution in [0.15, 0.2) is 12.2 Å². The fraction of sp³-hybridized carbons (Fsp3) is 0.625. The van der Waals surface area contributed by atoms with Crippen molar-refractivity contribution in [1.82, 2.24) is 0 Å². The van der Waals surface area contributed by atoms with Gasteiger partial charge >= 0.3 is 11.9 Å². The Hall–Kier alpha value is -1.65. The summed E-state index contributed by atoms with van der Waals surface area (Å²) in [5.74, 6) is -0.174. The van der Waals surface area contributed by atoms with E-state index in [1.807, 2.05) is 0 Å². The molecule has 2 aliphatic carbocycles. The first-order chi connectivity index (χ1) is 10.00. The van der Waals surface area contributed by atoms with Gasteiger partial charge in [-0.15, -0.1) is 0 Å². The van der Waals surface area contributed by atoms with Gasteiger partial charge in [-0.25, -0.2) is 0 Å². The number of carbonyl (C=O) groups excluding carboxylic acids is 3. The van der Waals surface area contributed by atoms with E-state index in [1.165, 1.54) is 14.2 Å². The van der Waals surface area contributed by atoms with E-state index in [4.69, 9.17) is 9.47 Å². The summed E-state index contributed by atoms with van der Waals surface area (Å²) in [6, 6.07) is 0. The number of hydrogen-bond acceptors (Lipinski definition) is 5. The summed E-state index contributed by atoms with van der Waals surface area (Å²) in [5.41, 5.74) is -0.559. The third-order valence-electron chi connectivity index (χ3n) is 4.81. The predicted molar refractivity (Wildman–Crippen MR) is 75.0 cm³/mol. The number of esters is 2. The average Bonchev–Trinajstić information content (AvgIpc) is 3.09. The van der Waals surface area contributed by atoms with Crippen molar-refractivity contribution in [2.75, 3.05) is 14.2 Å². The van der Waals surface area contributed by atoms with Crippen LogP contribution in [0.5, 0.6) is 0 Å². The summed E-state index contributed by atoms with van der Waals surface area (Å²) in [7, 11) is 2.52. The molecule has 115 valence electrons. The van der Waals surface area contributed by atoms with Crippen LogP contribution in [0.25, 0.3) is 0 Å². The predicted octanol–water partition coefficient (Wildman–Crippen LogP) is 1.86. The van der Waals surface area contributed by atoms with Crippen LogP contribution in [-0.4, -0.2) is 32.4 Å². The standard InChI is InChI=1S/C16H21O5/c1-10-7-16(14(18)20-2,15(19)21-3)8-13(10)12-6-4-5-11(12)9-17/h9,11-12H,1,4-8H2,2-3H3. The third-order valence-corrected chi connectivity index (χ3v) is 4.81. The van der Waals surface area contributed by atoms with Gasteiger partial charge in [-0.2, -0.15) is 0 Å². The van der Waals surface area contributed by atoms with E-state index < -0.39 is 17.4 Å². The van der Waals surface area contributed by atoms with E-state index in [-0.39, 0.29) is 24.7 Å². The third kappa shape index (κ3) is 2.49. The highest BCUT2D eigenvalue weighted by Crippen LogP contribution is 2.54. The molecular formula is C16H21O5. The normalized spacial score (nSPS) is 28.4. The molecule has 5 nitrogen and oxygen atoms in total.